The summed E-state index contributed by atoms with van der Waals surface area (Å²) < 4.78 is 0.736. The maximum Gasteiger partial charge on any atom is 0.248 e. The van der Waals surface area contributed by atoms with E-state index >= 15 is 0 Å². The van der Waals surface area contributed by atoms with Crippen molar-refractivity contribution in [1.82, 2.24) is 4.98 Å². The highest BCUT2D eigenvalue weighted by Crippen LogP contribution is 2.26. The Labute approximate surface area is 117 Å². The van der Waals surface area contributed by atoms with Crippen molar-refractivity contribution in [2.45, 2.75) is 0 Å². The molecule has 1 aromatic heterocycles. The van der Waals surface area contributed by atoms with Crippen LogP contribution in [0.25, 0.3) is 0 Å². The average Bonchev–Trinajstić information content (AvgIpc) is 2.33. The molecule has 2 aromatic rings. The molecule has 0 saturated heterocycles. The van der Waals surface area contributed by atoms with Crippen molar-refractivity contribution in [2.75, 3.05) is 5.32 Å². The van der Waals surface area contributed by atoms with Gasteiger partial charge in [-0.15, -0.1) is 0 Å². The van der Waals surface area contributed by atoms with E-state index in [4.69, 9.17) is 17.3 Å². The van der Waals surface area contributed by atoms with E-state index in [0.717, 1.165) is 10.2 Å². The number of pyridine rings is 1. The summed E-state index contributed by atoms with van der Waals surface area (Å²) in [5, 5.41) is 3.61. The van der Waals surface area contributed by atoms with Crippen LogP contribution in [-0.2, 0) is 0 Å². The van der Waals surface area contributed by atoms with Gasteiger partial charge in [-0.05, 0) is 40.2 Å². The molecule has 0 radical (unpaired) electrons. The fourth-order valence-corrected chi connectivity index (χ4v) is 2.13. The Hall–Kier alpha value is -1.59. The molecule has 0 atom stereocenters. The minimum Gasteiger partial charge on any atom is -0.366 e. The third-order valence-electron chi connectivity index (χ3n) is 2.22. The summed E-state index contributed by atoms with van der Waals surface area (Å²) in [4.78, 5) is 15.2. The van der Waals surface area contributed by atoms with E-state index in [0.29, 0.717) is 16.4 Å². The van der Waals surface area contributed by atoms with E-state index in [2.05, 4.69) is 26.2 Å². The van der Waals surface area contributed by atoms with Crippen LogP contribution in [-0.4, -0.2) is 10.9 Å². The molecule has 1 amide bonds. The van der Waals surface area contributed by atoms with E-state index in [-0.39, 0.29) is 0 Å². The van der Waals surface area contributed by atoms with Crippen molar-refractivity contribution in [3.63, 3.8) is 0 Å². The molecular formula is C12H9BrClN3O. The van der Waals surface area contributed by atoms with Gasteiger partial charge < -0.3 is 11.1 Å². The van der Waals surface area contributed by atoms with Gasteiger partial charge in [0, 0.05) is 17.4 Å². The first-order chi connectivity index (χ1) is 8.56. The lowest BCUT2D eigenvalue weighted by Crippen LogP contribution is -2.10. The molecule has 1 aromatic carbocycles. The van der Waals surface area contributed by atoms with Gasteiger partial charge in [0.1, 0.15) is 5.82 Å². The molecule has 0 bridgehead atoms. The standard InChI is InChI=1S/C12H9BrClN3O/c13-10-5-8(14)6-16-12(10)17-9-3-1-2-7(4-9)11(15)18/h1-6H,(H2,15,18)(H,16,17). The molecule has 4 nitrogen and oxygen atoms in total. The van der Waals surface area contributed by atoms with Gasteiger partial charge in [-0.1, -0.05) is 17.7 Å². The monoisotopic (exact) mass is 325 g/mol. The topological polar surface area (TPSA) is 68.0 Å². The zero-order valence-electron chi connectivity index (χ0n) is 9.15. The Morgan fingerprint density at radius 3 is 2.83 bits per heavy atom. The molecule has 0 saturated carbocycles. The summed E-state index contributed by atoms with van der Waals surface area (Å²) in [7, 11) is 0. The zero-order chi connectivity index (χ0) is 13.1. The van der Waals surface area contributed by atoms with Gasteiger partial charge >= 0.3 is 0 Å². The van der Waals surface area contributed by atoms with E-state index in [9.17, 15) is 4.79 Å². The highest BCUT2D eigenvalue weighted by Gasteiger charge is 2.05. The van der Waals surface area contributed by atoms with E-state index in [1.165, 1.54) is 6.20 Å². The second kappa shape index (κ2) is 5.37. The van der Waals surface area contributed by atoms with Gasteiger partial charge in [-0.3, -0.25) is 4.79 Å². The highest BCUT2D eigenvalue weighted by atomic mass is 79.9. The summed E-state index contributed by atoms with van der Waals surface area (Å²) >= 11 is 9.16. The molecule has 0 spiro atoms. The van der Waals surface area contributed by atoms with Crippen LogP contribution in [0.2, 0.25) is 5.02 Å². The van der Waals surface area contributed by atoms with Crippen LogP contribution in [0.15, 0.2) is 41.0 Å². The number of carbonyl (C=O) groups is 1. The number of primary amides is 1. The van der Waals surface area contributed by atoms with E-state index < -0.39 is 5.91 Å². The molecule has 0 aliphatic heterocycles. The number of nitrogens with zero attached hydrogens (tertiary/aromatic N) is 1. The first kappa shape index (κ1) is 12.9. The zero-order valence-corrected chi connectivity index (χ0v) is 11.5. The number of hydrogen-bond acceptors (Lipinski definition) is 3. The number of nitrogens with one attached hydrogen (secondary N) is 1. The molecular weight excluding hydrogens is 318 g/mol. The average molecular weight is 327 g/mol. The van der Waals surface area contributed by atoms with Crippen LogP contribution in [0, 0.1) is 0 Å². The third kappa shape index (κ3) is 3.00. The van der Waals surface area contributed by atoms with Crippen molar-refractivity contribution in [3.05, 3.63) is 51.6 Å². The molecule has 18 heavy (non-hydrogen) atoms. The molecule has 1 heterocycles. The molecule has 2 rings (SSSR count). The van der Waals surface area contributed by atoms with Gasteiger partial charge in [0.25, 0.3) is 0 Å². The number of benzene rings is 1. The van der Waals surface area contributed by atoms with Crippen LogP contribution >= 0.6 is 27.5 Å². The molecule has 3 N–H and O–H groups in total. The summed E-state index contributed by atoms with van der Waals surface area (Å²) in [5.74, 6) is 0.141. The van der Waals surface area contributed by atoms with Crippen LogP contribution in [0.3, 0.4) is 0 Å². The second-order valence-corrected chi connectivity index (χ2v) is 4.84. The summed E-state index contributed by atoms with van der Waals surface area (Å²) in [5.41, 5.74) is 6.38. The Balaban J connectivity index is 2.28. The SMILES string of the molecule is NC(=O)c1cccc(Nc2ncc(Cl)cc2Br)c1. The van der Waals surface area contributed by atoms with E-state index in [1.807, 2.05) is 6.07 Å². The van der Waals surface area contributed by atoms with Gasteiger partial charge in [0.15, 0.2) is 0 Å². The molecule has 92 valence electrons. The summed E-state index contributed by atoms with van der Waals surface area (Å²) in [6.45, 7) is 0. The van der Waals surface area contributed by atoms with Crippen LogP contribution in [0.1, 0.15) is 10.4 Å². The minimum absolute atomic E-state index is 0.435. The molecule has 6 heteroatoms. The molecule has 0 aliphatic rings. The highest BCUT2D eigenvalue weighted by molar-refractivity contribution is 9.10. The van der Waals surface area contributed by atoms with Crippen molar-refractivity contribution in [3.8, 4) is 0 Å². The molecule has 0 unspecified atom stereocenters. The Morgan fingerprint density at radius 1 is 1.39 bits per heavy atom. The quantitative estimate of drug-likeness (QED) is 0.909. The van der Waals surface area contributed by atoms with Crippen molar-refractivity contribution in [2.24, 2.45) is 5.73 Å². The second-order valence-electron chi connectivity index (χ2n) is 3.55. The number of carbonyl (C=O) groups excluding carboxylic acids is 1. The Kier molecular flexibility index (Phi) is 3.84. The van der Waals surface area contributed by atoms with Crippen molar-refractivity contribution in [1.29, 1.82) is 0 Å². The maximum atomic E-state index is 11.1. The molecule has 0 aliphatic carbocycles. The lowest BCUT2D eigenvalue weighted by molar-refractivity contribution is 0.100. The lowest BCUT2D eigenvalue weighted by atomic mass is 10.2. The van der Waals surface area contributed by atoms with Crippen LogP contribution in [0.5, 0.6) is 0 Å². The number of anilines is 2. The van der Waals surface area contributed by atoms with Crippen molar-refractivity contribution < 1.29 is 4.79 Å². The smallest absolute Gasteiger partial charge is 0.248 e. The van der Waals surface area contributed by atoms with Gasteiger partial charge in [-0.25, -0.2) is 4.98 Å². The maximum absolute atomic E-state index is 11.1. The fourth-order valence-electron chi connectivity index (χ4n) is 1.39. The molecule has 0 fully saturated rings. The number of rotatable bonds is 3. The predicted octanol–water partition coefficient (Wildman–Crippen LogP) is 3.34. The summed E-state index contributed by atoms with van der Waals surface area (Å²) in [6, 6.07) is 8.60. The lowest BCUT2D eigenvalue weighted by Gasteiger charge is -2.08. The van der Waals surface area contributed by atoms with Gasteiger partial charge in [0.2, 0.25) is 5.91 Å². The predicted molar refractivity (Wildman–Crippen MR) is 75.2 cm³/mol. The Bertz CT molecular complexity index is 604. The van der Waals surface area contributed by atoms with Crippen LogP contribution < -0.4 is 11.1 Å². The summed E-state index contributed by atoms with van der Waals surface area (Å²) in [6.07, 6.45) is 1.53. The van der Waals surface area contributed by atoms with Crippen LogP contribution in [0.4, 0.5) is 11.5 Å². The van der Waals surface area contributed by atoms with Gasteiger partial charge in [0.05, 0.1) is 9.50 Å². The largest absolute Gasteiger partial charge is 0.366 e. The minimum atomic E-state index is -0.471. The van der Waals surface area contributed by atoms with Crippen molar-refractivity contribution >= 4 is 44.9 Å². The third-order valence-corrected chi connectivity index (χ3v) is 3.03. The number of amides is 1. The fraction of sp³-hybridized carbons (Fsp3) is 0. The number of halogens is 2. The first-order valence-electron chi connectivity index (χ1n) is 5.04. The number of hydrogen-bond donors (Lipinski definition) is 2. The number of nitrogens with two attached hydrogens (primary N) is 1. The Morgan fingerprint density at radius 2 is 2.17 bits per heavy atom. The first-order valence-corrected chi connectivity index (χ1v) is 6.21. The van der Waals surface area contributed by atoms with Gasteiger partial charge in [-0.2, -0.15) is 0 Å². The normalized spacial score (nSPS) is 10.1. The number of aromatic nitrogens is 1. The van der Waals surface area contributed by atoms with E-state index in [1.54, 1.807) is 24.3 Å².